The van der Waals surface area contributed by atoms with Crippen LogP contribution in [-0.4, -0.2) is 40.6 Å². The molecule has 2 aromatic heterocycles. The van der Waals surface area contributed by atoms with Crippen molar-refractivity contribution in [2.45, 2.75) is 39.3 Å². The molecule has 0 radical (unpaired) electrons. The van der Waals surface area contributed by atoms with Crippen molar-refractivity contribution in [1.29, 1.82) is 0 Å². The van der Waals surface area contributed by atoms with Gasteiger partial charge in [0.15, 0.2) is 0 Å². The molecule has 0 unspecified atom stereocenters. The summed E-state index contributed by atoms with van der Waals surface area (Å²) in [6.07, 6.45) is 2.56. The van der Waals surface area contributed by atoms with Crippen LogP contribution in [0.1, 0.15) is 36.0 Å². The van der Waals surface area contributed by atoms with Crippen molar-refractivity contribution >= 4 is 0 Å². The molecule has 0 aliphatic carbocycles. The Kier molecular flexibility index (Phi) is 5.33. The van der Waals surface area contributed by atoms with Gasteiger partial charge in [0.25, 0.3) is 5.56 Å². The third kappa shape index (κ3) is 3.82. The first-order chi connectivity index (χ1) is 12.1. The van der Waals surface area contributed by atoms with E-state index >= 15 is 0 Å². The summed E-state index contributed by atoms with van der Waals surface area (Å²) in [6, 6.07) is 3.77. The molecule has 1 N–H and O–H groups in total. The quantitative estimate of drug-likeness (QED) is 0.859. The zero-order valence-electron chi connectivity index (χ0n) is 15.0. The molecular formula is C18H24N4O3. The van der Waals surface area contributed by atoms with Crippen LogP contribution in [0.4, 0.5) is 0 Å². The van der Waals surface area contributed by atoms with Crippen LogP contribution < -0.4 is 15.0 Å². The molecule has 0 saturated carbocycles. The number of methoxy groups -OCH3 is 2. The van der Waals surface area contributed by atoms with Gasteiger partial charge in [-0.15, -0.1) is 0 Å². The van der Waals surface area contributed by atoms with Gasteiger partial charge in [-0.2, -0.15) is 4.98 Å². The lowest BCUT2D eigenvalue weighted by molar-refractivity contribution is 0.236. The first-order valence-electron chi connectivity index (χ1n) is 8.55. The second-order valence-corrected chi connectivity index (χ2v) is 6.17. The van der Waals surface area contributed by atoms with Gasteiger partial charge in [0, 0.05) is 44.1 Å². The fourth-order valence-corrected chi connectivity index (χ4v) is 3.13. The Morgan fingerprint density at radius 1 is 1.24 bits per heavy atom. The average Bonchev–Trinajstić information content (AvgIpc) is 2.63. The largest absolute Gasteiger partial charge is 0.481 e. The van der Waals surface area contributed by atoms with Crippen LogP contribution in [0.25, 0.3) is 0 Å². The molecule has 1 aliphatic rings. The molecule has 0 bridgehead atoms. The number of rotatable bonds is 6. The number of nitrogens with one attached hydrogen (secondary N) is 1. The molecule has 1 aliphatic heterocycles. The highest BCUT2D eigenvalue weighted by Crippen LogP contribution is 2.23. The Morgan fingerprint density at radius 2 is 2.08 bits per heavy atom. The molecule has 25 heavy (non-hydrogen) atoms. The monoisotopic (exact) mass is 344 g/mol. The second-order valence-electron chi connectivity index (χ2n) is 6.17. The minimum atomic E-state index is -0.0158. The fraction of sp³-hybridized carbons (Fsp3) is 0.500. The molecule has 0 fully saturated rings. The first-order valence-corrected chi connectivity index (χ1v) is 8.55. The van der Waals surface area contributed by atoms with Crippen LogP contribution in [0.3, 0.4) is 0 Å². The van der Waals surface area contributed by atoms with Crippen LogP contribution in [-0.2, 0) is 25.9 Å². The Morgan fingerprint density at radius 3 is 2.80 bits per heavy atom. The highest BCUT2D eigenvalue weighted by atomic mass is 16.5. The molecule has 7 nitrogen and oxygen atoms in total. The predicted octanol–water partition coefficient (Wildman–Crippen LogP) is 1.69. The highest BCUT2D eigenvalue weighted by Gasteiger charge is 2.22. The van der Waals surface area contributed by atoms with Gasteiger partial charge < -0.3 is 14.5 Å². The predicted molar refractivity (Wildman–Crippen MR) is 94.0 cm³/mol. The molecule has 2 aromatic rings. The molecule has 0 saturated heterocycles. The summed E-state index contributed by atoms with van der Waals surface area (Å²) < 4.78 is 10.5. The molecule has 0 amide bonds. The number of H-pyrrole nitrogens is 1. The van der Waals surface area contributed by atoms with Gasteiger partial charge in [0.2, 0.25) is 11.8 Å². The highest BCUT2D eigenvalue weighted by molar-refractivity contribution is 5.31. The Labute approximate surface area is 147 Å². The van der Waals surface area contributed by atoms with Crippen molar-refractivity contribution in [3.05, 3.63) is 45.1 Å². The number of pyridine rings is 1. The van der Waals surface area contributed by atoms with Gasteiger partial charge in [0.1, 0.15) is 5.82 Å². The normalized spacial score (nSPS) is 14.2. The lowest BCUT2D eigenvalue weighted by Crippen LogP contribution is -2.36. The van der Waals surface area contributed by atoms with E-state index in [0.717, 1.165) is 48.5 Å². The average molecular weight is 344 g/mol. The number of aromatic amines is 1. The zero-order chi connectivity index (χ0) is 17.8. The fourth-order valence-electron chi connectivity index (χ4n) is 3.13. The van der Waals surface area contributed by atoms with E-state index in [2.05, 4.69) is 26.8 Å². The van der Waals surface area contributed by atoms with Crippen LogP contribution >= 0.6 is 0 Å². The van der Waals surface area contributed by atoms with Crippen LogP contribution in [0.2, 0.25) is 0 Å². The first kappa shape index (κ1) is 17.4. The molecular weight excluding hydrogens is 320 g/mol. The summed E-state index contributed by atoms with van der Waals surface area (Å²) in [5.74, 6) is 1.87. The standard InChI is InChI=1S/C18H24N4O3/c1-4-5-15-19-14-8-9-22(11-13(14)17(23)20-15)10-12-6-7-16(24-2)21-18(12)25-3/h6-7H,4-5,8-11H2,1-3H3,(H,19,20,23). The molecule has 0 aromatic carbocycles. The molecule has 134 valence electrons. The van der Waals surface area contributed by atoms with E-state index in [0.29, 0.717) is 24.8 Å². The van der Waals surface area contributed by atoms with Crippen LogP contribution in [0, 0.1) is 0 Å². The number of nitrogens with zero attached hydrogens (tertiary/aromatic N) is 3. The molecule has 0 spiro atoms. The van der Waals surface area contributed by atoms with Gasteiger partial charge in [0.05, 0.1) is 25.5 Å². The van der Waals surface area contributed by atoms with Crippen LogP contribution in [0.5, 0.6) is 11.8 Å². The van der Waals surface area contributed by atoms with Crippen molar-refractivity contribution in [3.8, 4) is 11.8 Å². The third-order valence-electron chi connectivity index (χ3n) is 4.39. The Hall–Kier alpha value is -2.41. The maximum atomic E-state index is 12.4. The molecule has 3 rings (SSSR count). The summed E-state index contributed by atoms with van der Waals surface area (Å²) in [6.45, 7) is 4.18. The van der Waals surface area contributed by atoms with Gasteiger partial charge in [-0.3, -0.25) is 9.69 Å². The molecule has 3 heterocycles. The zero-order valence-corrected chi connectivity index (χ0v) is 15.0. The van der Waals surface area contributed by atoms with E-state index in [1.165, 1.54) is 0 Å². The van der Waals surface area contributed by atoms with E-state index in [-0.39, 0.29) is 5.56 Å². The molecule has 0 atom stereocenters. The SMILES string of the molecule is CCCc1nc2c(c(=O)[nH]1)CN(Cc1ccc(OC)nc1OC)CC2. The van der Waals surface area contributed by atoms with Crippen molar-refractivity contribution in [1.82, 2.24) is 19.9 Å². The number of ether oxygens (including phenoxy) is 2. The van der Waals surface area contributed by atoms with Crippen LogP contribution in [0.15, 0.2) is 16.9 Å². The second kappa shape index (κ2) is 7.65. The van der Waals surface area contributed by atoms with E-state index < -0.39 is 0 Å². The maximum absolute atomic E-state index is 12.4. The lowest BCUT2D eigenvalue weighted by Gasteiger charge is -2.28. The minimum absolute atomic E-state index is 0.0158. The van der Waals surface area contributed by atoms with E-state index in [9.17, 15) is 4.79 Å². The van der Waals surface area contributed by atoms with Crippen molar-refractivity contribution < 1.29 is 9.47 Å². The number of aryl methyl sites for hydroxylation is 1. The summed E-state index contributed by atoms with van der Waals surface area (Å²) in [4.78, 5) is 26.5. The smallest absolute Gasteiger partial charge is 0.255 e. The van der Waals surface area contributed by atoms with Crippen molar-refractivity contribution in [2.75, 3.05) is 20.8 Å². The molecule has 7 heteroatoms. The summed E-state index contributed by atoms with van der Waals surface area (Å²) in [5, 5.41) is 0. The van der Waals surface area contributed by atoms with E-state index in [1.807, 2.05) is 12.1 Å². The topological polar surface area (TPSA) is 80.3 Å². The number of aromatic nitrogens is 3. The van der Waals surface area contributed by atoms with E-state index in [4.69, 9.17) is 9.47 Å². The van der Waals surface area contributed by atoms with Crippen molar-refractivity contribution in [2.24, 2.45) is 0 Å². The summed E-state index contributed by atoms with van der Waals surface area (Å²) in [7, 11) is 3.18. The van der Waals surface area contributed by atoms with Gasteiger partial charge in [-0.05, 0) is 12.5 Å². The summed E-state index contributed by atoms with van der Waals surface area (Å²) in [5.41, 5.74) is 2.66. The Bertz CT molecular complexity index is 803. The van der Waals surface area contributed by atoms with E-state index in [1.54, 1.807) is 14.2 Å². The van der Waals surface area contributed by atoms with Gasteiger partial charge in [-0.1, -0.05) is 6.92 Å². The summed E-state index contributed by atoms with van der Waals surface area (Å²) >= 11 is 0. The van der Waals surface area contributed by atoms with Gasteiger partial charge in [-0.25, -0.2) is 4.98 Å². The minimum Gasteiger partial charge on any atom is -0.481 e. The number of fused-ring (bicyclic) bond motifs is 1. The third-order valence-corrected chi connectivity index (χ3v) is 4.39. The van der Waals surface area contributed by atoms with Gasteiger partial charge >= 0.3 is 0 Å². The Balaban J connectivity index is 1.78. The number of hydrogen-bond donors (Lipinski definition) is 1. The van der Waals surface area contributed by atoms with Crippen molar-refractivity contribution in [3.63, 3.8) is 0 Å². The maximum Gasteiger partial charge on any atom is 0.255 e. The lowest BCUT2D eigenvalue weighted by atomic mass is 10.1. The number of hydrogen-bond acceptors (Lipinski definition) is 6.